The van der Waals surface area contributed by atoms with Crippen LogP contribution in [-0.2, 0) is 9.53 Å². The molecule has 1 aliphatic rings. The monoisotopic (exact) mass is 455 g/mol. The van der Waals surface area contributed by atoms with Gasteiger partial charge in [-0.3, -0.25) is 4.79 Å². The van der Waals surface area contributed by atoms with Gasteiger partial charge in [-0.15, -0.1) is 0 Å². The van der Waals surface area contributed by atoms with Crippen LogP contribution in [0.5, 0.6) is 11.5 Å². The Balaban J connectivity index is 2.39. The lowest BCUT2D eigenvalue weighted by Crippen LogP contribution is -2.29. The summed E-state index contributed by atoms with van der Waals surface area (Å²) in [4.78, 5) is 12.5. The molecule has 178 valence electrons. The topological polar surface area (TPSA) is 119 Å². The average Bonchev–Trinajstić information content (AvgIpc) is 2.78. The molecule has 1 amide bonds. The summed E-state index contributed by atoms with van der Waals surface area (Å²) in [6, 6.07) is 2.63. The van der Waals surface area contributed by atoms with E-state index in [4.69, 9.17) is 4.74 Å². The number of hydrogen-bond donors (Lipinski definition) is 5. The number of carbonyl (C=O) groups is 1. The molecule has 2 rings (SSSR count). The first kappa shape index (κ1) is 26.1. The number of nitrogens with one attached hydrogen (secondary N) is 1. The molecule has 4 atom stereocenters. The highest BCUT2D eigenvalue weighted by atomic mass is 16.5. The van der Waals surface area contributed by atoms with Crippen LogP contribution in [0.3, 0.4) is 0 Å². The Labute approximate surface area is 194 Å². The van der Waals surface area contributed by atoms with Crippen molar-refractivity contribution in [2.24, 2.45) is 5.92 Å². The summed E-state index contributed by atoms with van der Waals surface area (Å²) in [6.07, 6.45) is 13.9. The number of rotatable bonds is 1. The van der Waals surface area contributed by atoms with Crippen molar-refractivity contribution in [1.29, 1.82) is 0 Å². The van der Waals surface area contributed by atoms with Crippen molar-refractivity contribution >= 4 is 17.7 Å². The van der Waals surface area contributed by atoms with Gasteiger partial charge >= 0.3 is 0 Å². The summed E-state index contributed by atoms with van der Waals surface area (Å²) >= 11 is 0. The van der Waals surface area contributed by atoms with Gasteiger partial charge in [0.2, 0.25) is 5.91 Å². The number of fused-ring (bicyclic) bond motifs is 2. The molecule has 1 aromatic rings. The third kappa shape index (κ3) is 8.05. The van der Waals surface area contributed by atoms with E-state index in [9.17, 15) is 25.2 Å². The summed E-state index contributed by atoms with van der Waals surface area (Å²) in [5, 5.41) is 44.2. The van der Waals surface area contributed by atoms with Gasteiger partial charge in [0.25, 0.3) is 0 Å². The molecule has 0 fully saturated rings. The molecular weight excluding hydrogens is 422 g/mol. The van der Waals surface area contributed by atoms with Crippen LogP contribution in [-0.4, -0.2) is 51.8 Å². The predicted octanol–water partition coefficient (Wildman–Crippen LogP) is 3.83. The van der Waals surface area contributed by atoms with E-state index in [-0.39, 0.29) is 29.5 Å². The van der Waals surface area contributed by atoms with Crippen LogP contribution in [0.25, 0.3) is 6.08 Å². The number of ether oxygens (including phenoxy) is 1. The van der Waals surface area contributed by atoms with Crippen molar-refractivity contribution in [3.8, 4) is 11.5 Å². The van der Waals surface area contributed by atoms with Crippen LogP contribution in [0.4, 0.5) is 5.69 Å². The van der Waals surface area contributed by atoms with Gasteiger partial charge in [-0.05, 0) is 25.0 Å². The SMILES string of the molecule is COC1C=CC=CC=CCC(O)C(C)C(O)/C(C)=C\C=Cc2cc(O)cc(c2O)NC(=O)C1. The highest BCUT2D eigenvalue weighted by Gasteiger charge is 2.22. The van der Waals surface area contributed by atoms with E-state index in [2.05, 4.69) is 5.32 Å². The van der Waals surface area contributed by atoms with Crippen LogP contribution in [0.1, 0.15) is 32.3 Å². The molecule has 33 heavy (non-hydrogen) atoms. The van der Waals surface area contributed by atoms with Crippen LogP contribution in [0, 0.1) is 5.92 Å². The zero-order chi connectivity index (χ0) is 24.4. The number of aromatic hydroxyl groups is 2. The van der Waals surface area contributed by atoms with E-state index in [1.54, 1.807) is 62.5 Å². The van der Waals surface area contributed by atoms with Crippen molar-refractivity contribution in [2.75, 3.05) is 12.4 Å². The standard InChI is InChI=1S/C26H33NO6/c1-17-10-9-11-19-14-20(28)15-22(26(19)32)27-24(30)16-21(33-3)12-7-5-4-6-8-13-23(29)18(2)25(17)31/h4-12,14-15,18,21,23,25,28-29,31-32H,13,16H2,1-3H3,(H,27,30)/b5-4?,8-6?,11-9?,12-7?,17-10-. The van der Waals surface area contributed by atoms with E-state index in [1.807, 2.05) is 6.08 Å². The lowest BCUT2D eigenvalue weighted by atomic mass is 9.91. The summed E-state index contributed by atoms with van der Waals surface area (Å²) < 4.78 is 5.32. The maximum absolute atomic E-state index is 12.5. The van der Waals surface area contributed by atoms with Gasteiger partial charge in [-0.25, -0.2) is 0 Å². The molecule has 7 nitrogen and oxygen atoms in total. The van der Waals surface area contributed by atoms with Gasteiger partial charge in [0.05, 0.1) is 30.4 Å². The Morgan fingerprint density at radius 2 is 1.79 bits per heavy atom. The number of anilines is 1. The van der Waals surface area contributed by atoms with E-state index in [0.29, 0.717) is 17.6 Å². The Bertz CT molecular complexity index is 960. The molecule has 1 aromatic carbocycles. The minimum Gasteiger partial charge on any atom is -0.508 e. The minimum absolute atomic E-state index is 0.0147. The summed E-state index contributed by atoms with van der Waals surface area (Å²) in [7, 11) is 1.49. The number of carbonyl (C=O) groups excluding carboxylic acids is 1. The van der Waals surface area contributed by atoms with Crippen LogP contribution >= 0.6 is 0 Å². The normalized spacial score (nSPS) is 26.8. The second-order valence-corrected chi connectivity index (χ2v) is 8.03. The summed E-state index contributed by atoms with van der Waals surface area (Å²) in [5.41, 5.74) is 1.00. The Kier molecular flexibility index (Phi) is 10.1. The maximum Gasteiger partial charge on any atom is 0.227 e. The molecule has 0 saturated heterocycles. The first-order valence-corrected chi connectivity index (χ1v) is 10.8. The second kappa shape index (κ2) is 12.8. The van der Waals surface area contributed by atoms with Crippen LogP contribution in [0.2, 0.25) is 0 Å². The number of methoxy groups -OCH3 is 1. The van der Waals surface area contributed by atoms with E-state index < -0.39 is 24.2 Å². The molecule has 5 N–H and O–H groups in total. The molecule has 0 aliphatic carbocycles. The van der Waals surface area contributed by atoms with Gasteiger partial charge in [-0.1, -0.05) is 61.6 Å². The fourth-order valence-electron chi connectivity index (χ4n) is 3.33. The van der Waals surface area contributed by atoms with E-state index in [1.165, 1.54) is 19.2 Å². The number of phenolic OH excluding ortho intramolecular Hbond substituents is 2. The fraction of sp³-hybridized carbons (Fsp3) is 0.346. The molecule has 2 bridgehead atoms. The third-order valence-electron chi connectivity index (χ3n) is 5.47. The smallest absolute Gasteiger partial charge is 0.227 e. The predicted molar refractivity (Wildman–Crippen MR) is 130 cm³/mol. The van der Waals surface area contributed by atoms with Crippen molar-refractivity contribution in [3.05, 3.63) is 71.9 Å². The fourth-order valence-corrected chi connectivity index (χ4v) is 3.33. The number of amides is 1. The maximum atomic E-state index is 12.5. The number of aliphatic hydroxyl groups excluding tert-OH is 2. The minimum atomic E-state index is -0.857. The Morgan fingerprint density at radius 1 is 1.06 bits per heavy atom. The molecular formula is C26H33NO6. The molecule has 7 heteroatoms. The number of phenols is 2. The molecule has 0 radical (unpaired) electrons. The van der Waals surface area contributed by atoms with E-state index >= 15 is 0 Å². The van der Waals surface area contributed by atoms with Crippen molar-refractivity contribution in [3.63, 3.8) is 0 Å². The Morgan fingerprint density at radius 3 is 2.52 bits per heavy atom. The van der Waals surface area contributed by atoms with Crippen LogP contribution in [0.15, 0.2) is 66.3 Å². The van der Waals surface area contributed by atoms with Gasteiger partial charge in [0.1, 0.15) is 11.5 Å². The van der Waals surface area contributed by atoms with Crippen LogP contribution < -0.4 is 5.32 Å². The largest absolute Gasteiger partial charge is 0.508 e. The van der Waals surface area contributed by atoms with Gasteiger partial charge in [-0.2, -0.15) is 0 Å². The zero-order valence-electron chi connectivity index (χ0n) is 19.2. The zero-order valence-corrected chi connectivity index (χ0v) is 19.2. The van der Waals surface area contributed by atoms with Crippen molar-refractivity contribution in [2.45, 2.75) is 45.0 Å². The molecule has 1 aliphatic heterocycles. The van der Waals surface area contributed by atoms with Gasteiger partial charge in [0.15, 0.2) is 0 Å². The van der Waals surface area contributed by atoms with E-state index in [0.717, 1.165) is 0 Å². The van der Waals surface area contributed by atoms with Crippen molar-refractivity contribution < 1.29 is 30.0 Å². The highest BCUT2D eigenvalue weighted by molar-refractivity contribution is 5.94. The first-order valence-electron chi connectivity index (χ1n) is 10.8. The highest BCUT2D eigenvalue weighted by Crippen LogP contribution is 2.33. The lowest BCUT2D eigenvalue weighted by molar-refractivity contribution is -0.117. The number of benzene rings is 1. The number of aliphatic hydroxyl groups is 2. The second-order valence-electron chi connectivity index (χ2n) is 8.03. The first-order chi connectivity index (χ1) is 15.7. The summed E-state index contributed by atoms with van der Waals surface area (Å²) in [5.74, 6) is -1.11. The molecule has 0 aromatic heterocycles. The average molecular weight is 456 g/mol. The van der Waals surface area contributed by atoms with Gasteiger partial charge in [0, 0.05) is 24.7 Å². The van der Waals surface area contributed by atoms with Crippen molar-refractivity contribution in [1.82, 2.24) is 0 Å². The molecule has 4 unspecified atom stereocenters. The lowest BCUT2D eigenvalue weighted by Gasteiger charge is -2.23. The molecule has 0 saturated carbocycles. The number of allylic oxidation sites excluding steroid dienone is 6. The quantitative estimate of drug-likeness (QED) is 0.324. The Hall–Kier alpha value is -3.13. The van der Waals surface area contributed by atoms with Gasteiger partial charge < -0.3 is 30.5 Å². The molecule has 0 spiro atoms. The molecule has 1 heterocycles. The summed E-state index contributed by atoms with van der Waals surface area (Å²) in [6.45, 7) is 3.53. The number of hydrogen-bond acceptors (Lipinski definition) is 6. The third-order valence-corrected chi connectivity index (χ3v) is 5.47.